The van der Waals surface area contributed by atoms with E-state index in [2.05, 4.69) is 75.3 Å². The second kappa shape index (κ2) is 7.43. The molecule has 6 heteroatoms. The van der Waals surface area contributed by atoms with Crippen molar-refractivity contribution in [1.29, 1.82) is 0 Å². The maximum atomic E-state index is 11.5. The molecular weight excluding hydrogens is 400 g/mol. The number of carbonyl (C=O) groups is 1. The summed E-state index contributed by atoms with van der Waals surface area (Å²) in [7, 11) is 0. The smallest absolute Gasteiger partial charge is 0.307 e. The van der Waals surface area contributed by atoms with E-state index in [-0.39, 0.29) is 12.5 Å². The molecule has 0 fully saturated rings. The van der Waals surface area contributed by atoms with Crippen LogP contribution in [0, 0.1) is 0 Å². The van der Waals surface area contributed by atoms with Crippen LogP contribution in [0.15, 0.2) is 72.9 Å². The molecule has 0 amide bonds. The molecule has 2 aliphatic rings. The second-order valence-electron chi connectivity index (χ2n) is 8.53. The molecule has 4 aromatic rings. The van der Waals surface area contributed by atoms with Crippen LogP contribution in [-0.2, 0) is 24.2 Å². The number of fused-ring (bicyclic) bond motifs is 4. The Kier molecular flexibility index (Phi) is 4.40. The number of hydrogen-bond donors (Lipinski definition) is 3. The highest BCUT2D eigenvalue weighted by Crippen LogP contribution is 2.33. The largest absolute Gasteiger partial charge is 0.481 e. The van der Waals surface area contributed by atoms with Gasteiger partial charge in [0.25, 0.3) is 0 Å². The lowest BCUT2D eigenvalue weighted by atomic mass is 10.00. The molecule has 2 aliphatic heterocycles. The first-order valence-corrected chi connectivity index (χ1v) is 11.0. The van der Waals surface area contributed by atoms with Crippen molar-refractivity contribution in [3.63, 3.8) is 0 Å². The predicted molar refractivity (Wildman–Crippen MR) is 125 cm³/mol. The van der Waals surface area contributed by atoms with Crippen molar-refractivity contribution >= 4 is 33.3 Å². The van der Waals surface area contributed by atoms with E-state index < -0.39 is 5.97 Å². The van der Waals surface area contributed by atoms with Crippen molar-refractivity contribution in [1.82, 2.24) is 20.5 Å². The Balaban J connectivity index is 1.33. The van der Waals surface area contributed by atoms with E-state index >= 15 is 0 Å². The fraction of sp³-hybridized carbons (Fsp3) is 0.192. The van der Waals surface area contributed by atoms with E-state index in [4.69, 9.17) is 0 Å². The van der Waals surface area contributed by atoms with Gasteiger partial charge in [-0.2, -0.15) is 0 Å². The van der Waals surface area contributed by atoms with Crippen molar-refractivity contribution in [2.45, 2.75) is 31.8 Å². The summed E-state index contributed by atoms with van der Waals surface area (Å²) >= 11 is 0. The molecule has 1 atom stereocenters. The normalized spacial score (nSPS) is 17.9. The number of rotatable bonds is 4. The average Bonchev–Trinajstić information content (AvgIpc) is 3.42. The lowest BCUT2D eigenvalue weighted by Gasteiger charge is -2.32. The molecule has 3 heterocycles. The Morgan fingerprint density at radius 2 is 1.78 bits per heavy atom. The molecule has 3 N–H and O–H groups in total. The quantitative estimate of drug-likeness (QED) is 0.461. The third kappa shape index (κ3) is 3.03. The highest BCUT2D eigenvalue weighted by Gasteiger charge is 2.30. The standard InChI is InChI=1S/C26H24N4O2/c31-26(32)14-22-21-9-3-4-11-24(21)29-15-18(12-13-25(22)29)30-16-23(27-28-30)20-10-5-7-17-6-1-2-8-19(17)20/h1-11,16,18,27-28H,12-15H2,(H,31,32). The number of carboxylic acids is 1. The number of aliphatic carboxylic acids is 1. The lowest BCUT2D eigenvalue weighted by molar-refractivity contribution is -0.136. The Labute approximate surface area is 185 Å². The summed E-state index contributed by atoms with van der Waals surface area (Å²) in [6.45, 7) is 0.809. The number of aromatic nitrogens is 1. The van der Waals surface area contributed by atoms with Crippen LogP contribution < -0.4 is 11.0 Å². The van der Waals surface area contributed by atoms with Crippen molar-refractivity contribution in [2.75, 3.05) is 0 Å². The van der Waals surface area contributed by atoms with Gasteiger partial charge in [-0.3, -0.25) is 9.80 Å². The molecule has 0 saturated carbocycles. The summed E-state index contributed by atoms with van der Waals surface area (Å²) in [6, 6.07) is 23.2. The van der Waals surface area contributed by atoms with Gasteiger partial charge in [-0.05, 0) is 35.2 Å². The van der Waals surface area contributed by atoms with Crippen molar-refractivity contribution in [2.24, 2.45) is 0 Å². The number of carboxylic acid groups (broad SMARTS) is 1. The average molecular weight is 425 g/mol. The van der Waals surface area contributed by atoms with Gasteiger partial charge in [0.15, 0.2) is 0 Å². The number of nitrogens with zero attached hydrogens (tertiary/aromatic N) is 2. The highest BCUT2D eigenvalue weighted by atomic mass is 16.4. The van der Waals surface area contributed by atoms with Gasteiger partial charge in [0, 0.05) is 34.9 Å². The van der Waals surface area contributed by atoms with Gasteiger partial charge in [0.05, 0.1) is 18.2 Å². The Bertz CT molecular complexity index is 1380. The highest BCUT2D eigenvalue weighted by molar-refractivity contribution is 5.93. The predicted octanol–water partition coefficient (Wildman–Crippen LogP) is 4.06. The Morgan fingerprint density at radius 3 is 2.66 bits per heavy atom. The molecular formula is C26H24N4O2. The Morgan fingerprint density at radius 1 is 1.00 bits per heavy atom. The van der Waals surface area contributed by atoms with Gasteiger partial charge >= 0.3 is 5.97 Å². The molecule has 1 aromatic heterocycles. The second-order valence-corrected chi connectivity index (χ2v) is 8.53. The number of benzene rings is 3. The third-order valence-electron chi connectivity index (χ3n) is 6.69. The van der Waals surface area contributed by atoms with Crippen LogP contribution in [0.2, 0.25) is 0 Å². The van der Waals surface area contributed by atoms with E-state index in [9.17, 15) is 9.90 Å². The van der Waals surface area contributed by atoms with Crippen LogP contribution in [0.3, 0.4) is 0 Å². The van der Waals surface area contributed by atoms with E-state index in [1.807, 2.05) is 18.2 Å². The van der Waals surface area contributed by atoms with E-state index in [0.717, 1.165) is 47.2 Å². The molecule has 32 heavy (non-hydrogen) atoms. The van der Waals surface area contributed by atoms with E-state index in [0.29, 0.717) is 0 Å². The minimum Gasteiger partial charge on any atom is -0.481 e. The minimum absolute atomic E-state index is 0.0716. The van der Waals surface area contributed by atoms with Gasteiger partial charge in [-0.25, -0.2) is 0 Å². The van der Waals surface area contributed by atoms with Gasteiger partial charge in [0.1, 0.15) is 0 Å². The first-order chi connectivity index (χ1) is 15.7. The Hall–Kier alpha value is -3.77. The number of para-hydroxylation sites is 1. The topological polar surface area (TPSA) is 69.5 Å². The summed E-state index contributed by atoms with van der Waals surface area (Å²) < 4.78 is 2.31. The molecule has 0 saturated heterocycles. The van der Waals surface area contributed by atoms with Crippen molar-refractivity contribution in [3.8, 4) is 0 Å². The van der Waals surface area contributed by atoms with E-state index in [1.165, 1.54) is 16.3 Å². The fourth-order valence-electron chi connectivity index (χ4n) is 5.23. The molecule has 0 radical (unpaired) electrons. The molecule has 0 aliphatic carbocycles. The van der Waals surface area contributed by atoms with Gasteiger partial charge in [-0.15, -0.1) is 5.53 Å². The SMILES string of the molecule is O=C(O)Cc1c2n(c3ccccc13)CC(N1C=C(c3cccc4ccccc34)NN1)CC2. The zero-order valence-electron chi connectivity index (χ0n) is 17.6. The van der Waals surface area contributed by atoms with Crippen LogP contribution in [0.5, 0.6) is 0 Å². The van der Waals surface area contributed by atoms with Crippen LogP contribution >= 0.6 is 0 Å². The summed E-state index contributed by atoms with van der Waals surface area (Å²) in [4.78, 5) is 11.5. The number of hydrogen-bond acceptors (Lipinski definition) is 4. The van der Waals surface area contributed by atoms with Crippen molar-refractivity contribution in [3.05, 3.63) is 89.8 Å². The molecule has 6 nitrogen and oxygen atoms in total. The zero-order valence-corrected chi connectivity index (χ0v) is 17.6. The minimum atomic E-state index is -0.778. The van der Waals surface area contributed by atoms with E-state index in [1.54, 1.807) is 0 Å². The maximum Gasteiger partial charge on any atom is 0.307 e. The first kappa shape index (κ1) is 19.0. The molecule has 6 rings (SSSR count). The molecule has 0 bridgehead atoms. The molecule has 1 unspecified atom stereocenters. The summed E-state index contributed by atoms with van der Waals surface area (Å²) in [5.41, 5.74) is 12.2. The number of nitrogens with one attached hydrogen (secondary N) is 2. The van der Waals surface area contributed by atoms with Gasteiger partial charge in [0.2, 0.25) is 0 Å². The lowest BCUT2D eigenvalue weighted by Crippen LogP contribution is -2.46. The van der Waals surface area contributed by atoms with Crippen LogP contribution in [-0.4, -0.2) is 26.7 Å². The summed E-state index contributed by atoms with van der Waals surface area (Å²) in [5, 5.41) is 15.1. The molecule has 160 valence electrons. The van der Waals surface area contributed by atoms with Gasteiger partial charge < -0.3 is 15.1 Å². The zero-order chi connectivity index (χ0) is 21.7. The first-order valence-electron chi connectivity index (χ1n) is 11.0. The van der Waals surface area contributed by atoms with Crippen LogP contribution in [0.25, 0.3) is 27.4 Å². The monoisotopic (exact) mass is 424 g/mol. The summed E-state index contributed by atoms with van der Waals surface area (Å²) in [5.74, 6) is -0.778. The third-order valence-corrected chi connectivity index (χ3v) is 6.69. The van der Waals surface area contributed by atoms with Crippen LogP contribution in [0.4, 0.5) is 0 Å². The van der Waals surface area contributed by atoms with Crippen molar-refractivity contribution < 1.29 is 9.90 Å². The molecule has 3 aromatic carbocycles. The summed E-state index contributed by atoms with van der Waals surface area (Å²) in [6.07, 6.45) is 4.04. The maximum absolute atomic E-state index is 11.5. The fourth-order valence-corrected chi connectivity index (χ4v) is 5.23. The number of hydrazine groups is 2. The van der Waals surface area contributed by atoms with Gasteiger partial charge in [-0.1, -0.05) is 60.7 Å². The van der Waals surface area contributed by atoms with Crippen LogP contribution in [0.1, 0.15) is 23.2 Å². The molecule has 0 spiro atoms.